The van der Waals surface area contributed by atoms with Crippen LogP contribution in [0.15, 0.2) is 72.8 Å². The third-order valence-corrected chi connectivity index (χ3v) is 5.08. The molecule has 0 aliphatic carbocycles. The van der Waals surface area contributed by atoms with Crippen LogP contribution in [0.5, 0.6) is 11.5 Å². The third-order valence-electron chi connectivity index (χ3n) is 5.08. The molecule has 3 rings (SSSR count). The zero-order chi connectivity index (χ0) is 22.8. The van der Waals surface area contributed by atoms with Crippen molar-refractivity contribution in [2.45, 2.75) is 19.3 Å². The van der Waals surface area contributed by atoms with Gasteiger partial charge in [0.05, 0.1) is 25.5 Å². The number of ether oxygens (including phenoxy) is 2. The lowest BCUT2D eigenvalue weighted by molar-refractivity contribution is -0.116. The highest BCUT2D eigenvalue weighted by Crippen LogP contribution is 2.28. The summed E-state index contributed by atoms with van der Waals surface area (Å²) in [6.07, 6.45) is 1.56. The van der Waals surface area contributed by atoms with Crippen LogP contribution in [-0.2, 0) is 17.6 Å². The Morgan fingerprint density at radius 2 is 1.50 bits per heavy atom. The van der Waals surface area contributed by atoms with E-state index in [1.165, 1.54) is 0 Å². The van der Waals surface area contributed by atoms with Crippen LogP contribution in [0.3, 0.4) is 0 Å². The Labute approximate surface area is 188 Å². The van der Waals surface area contributed by atoms with Gasteiger partial charge in [0.2, 0.25) is 5.91 Å². The molecule has 0 aliphatic rings. The van der Waals surface area contributed by atoms with Crippen LogP contribution in [0.1, 0.15) is 27.9 Å². The molecule has 0 heterocycles. The molecule has 0 bridgehead atoms. The smallest absolute Gasteiger partial charge is 0.253 e. The van der Waals surface area contributed by atoms with Gasteiger partial charge in [0.15, 0.2) is 11.5 Å². The molecule has 6 nitrogen and oxygen atoms in total. The number of methoxy groups -OCH3 is 2. The number of nitrogens with one attached hydrogen (secondary N) is 2. The third kappa shape index (κ3) is 6.35. The largest absolute Gasteiger partial charge is 0.493 e. The van der Waals surface area contributed by atoms with E-state index in [0.29, 0.717) is 35.7 Å². The number of carbonyl (C=O) groups excluding carboxylic acids is 2. The summed E-state index contributed by atoms with van der Waals surface area (Å²) in [7, 11) is 3.16. The van der Waals surface area contributed by atoms with Gasteiger partial charge in [-0.15, -0.1) is 0 Å². The van der Waals surface area contributed by atoms with Gasteiger partial charge in [0.25, 0.3) is 5.91 Å². The van der Waals surface area contributed by atoms with E-state index in [1.54, 1.807) is 38.5 Å². The number of hydrogen-bond donors (Lipinski definition) is 2. The van der Waals surface area contributed by atoms with Crippen LogP contribution in [0.25, 0.3) is 0 Å². The maximum atomic E-state index is 12.7. The zero-order valence-electron chi connectivity index (χ0n) is 18.4. The molecule has 0 saturated heterocycles. The monoisotopic (exact) mass is 432 g/mol. The van der Waals surface area contributed by atoms with Crippen molar-refractivity contribution in [3.63, 3.8) is 0 Å². The number of aryl methyl sites for hydroxylation is 1. The lowest BCUT2D eigenvalue weighted by atomic mass is 10.1. The average molecular weight is 433 g/mol. The number of para-hydroxylation sites is 1. The van der Waals surface area contributed by atoms with Crippen LogP contribution in [-0.4, -0.2) is 32.6 Å². The fourth-order valence-corrected chi connectivity index (χ4v) is 3.36. The normalized spacial score (nSPS) is 10.3. The Kier molecular flexibility index (Phi) is 8.26. The second-order valence-electron chi connectivity index (χ2n) is 7.27. The van der Waals surface area contributed by atoms with Crippen LogP contribution in [0, 0.1) is 0 Å². The summed E-state index contributed by atoms with van der Waals surface area (Å²) in [4.78, 5) is 25.2. The van der Waals surface area contributed by atoms with Crippen molar-refractivity contribution in [1.82, 2.24) is 5.32 Å². The topological polar surface area (TPSA) is 76.7 Å². The molecule has 6 heteroatoms. The van der Waals surface area contributed by atoms with Crippen LogP contribution >= 0.6 is 0 Å². The van der Waals surface area contributed by atoms with E-state index in [1.807, 2.05) is 48.5 Å². The minimum Gasteiger partial charge on any atom is -0.493 e. The highest BCUT2D eigenvalue weighted by Gasteiger charge is 2.13. The summed E-state index contributed by atoms with van der Waals surface area (Å²) in [5.74, 6) is 0.900. The van der Waals surface area contributed by atoms with E-state index in [9.17, 15) is 9.59 Å². The molecule has 3 aromatic carbocycles. The molecule has 0 saturated carbocycles. The van der Waals surface area contributed by atoms with E-state index in [2.05, 4.69) is 10.6 Å². The Balaban J connectivity index is 1.55. The highest BCUT2D eigenvalue weighted by atomic mass is 16.5. The van der Waals surface area contributed by atoms with Crippen molar-refractivity contribution in [2.75, 3.05) is 26.1 Å². The van der Waals surface area contributed by atoms with Crippen LogP contribution in [0.2, 0.25) is 0 Å². The van der Waals surface area contributed by atoms with Gasteiger partial charge in [-0.2, -0.15) is 0 Å². The van der Waals surface area contributed by atoms with Crippen molar-refractivity contribution in [3.05, 3.63) is 89.5 Å². The lowest BCUT2D eigenvalue weighted by Crippen LogP contribution is -2.27. The predicted octanol–water partition coefficient (Wildman–Crippen LogP) is 4.25. The summed E-state index contributed by atoms with van der Waals surface area (Å²) in [5.41, 5.74) is 3.07. The van der Waals surface area contributed by atoms with Gasteiger partial charge in [-0.3, -0.25) is 9.59 Å². The molecule has 32 heavy (non-hydrogen) atoms. The van der Waals surface area contributed by atoms with Crippen molar-refractivity contribution in [1.29, 1.82) is 0 Å². The maximum absolute atomic E-state index is 12.7. The standard InChI is InChI=1S/C26H28N2O4/c1-31-23-14-12-20(18-24(23)32-2)13-15-25(29)28-22-11-7-6-10-21(22)26(30)27-17-16-19-8-4-3-5-9-19/h3-12,14,18H,13,15-17H2,1-2H3,(H,27,30)(H,28,29). The fourth-order valence-electron chi connectivity index (χ4n) is 3.36. The van der Waals surface area contributed by atoms with Gasteiger partial charge < -0.3 is 20.1 Å². The number of carbonyl (C=O) groups is 2. The predicted molar refractivity (Wildman–Crippen MR) is 125 cm³/mol. The van der Waals surface area contributed by atoms with E-state index in [-0.39, 0.29) is 18.2 Å². The van der Waals surface area contributed by atoms with Gasteiger partial charge in [0.1, 0.15) is 0 Å². The first-order valence-corrected chi connectivity index (χ1v) is 10.5. The van der Waals surface area contributed by atoms with Crippen molar-refractivity contribution < 1.29 is 19.1 Å². The number of amides is 2. The molecule has 0 unspecified atom stereocenters. The molecular formula is C26H28N2O4. The van der Waals surface area contributed by atoms with Crippen LogP contribution < -0.4 is 20.1 Å². The first kappa shape index (κ1) is 22.9. The van der Waals surface area contributed by atoms with Crippen molar-refractivity contribution in [3.8, 4) is 11.5 Å². The lowest BCUT2D eigenvalue weighted by Gasteiger charge is -2.12. The second kappa shape index (κ2) is 11.6. The molecule has 0 aliphatic heterocycles. The Hall–Kier alpha value is -3.80. The average Bonchev–Trinajstić information content (AvgIpc) is 2.83. The Bertz CT molecular complexity index is 1050. The van der Waals surface area contributed by atoms with E-state index in [0.717, 1.165) is 17.5 Å². The summed E-state index contributed by atoms with van der Waals surface area (Å²) in [6, 6.07) is 22.6. The second-order valence-corrected chi connectivity index (χ2v) is 7.27. The van der Waals surface area contributed by atoms with Gasteiger partial charge in [-0.25, -0.2) is 0 Å². The number of anilines is 1. The quantitative estimate of drug-likeness (QED) is 0.502. The Morgan fingerprint density at radius 3 is 2.25 bits per heavy atom. The summed E-state index contributed by atoms with van der Waals surface area (Å²) in [5, 5.41) is 5.79. The number of hydrogen-bond acceptors (Lipinski definition) is 4. The van der Waals surface area contributed by atoms with Crippen LogP contribution in [0.4, 0.5) is 5.69 Å². The first-order chi connectivity index (χ1) is 15.6. The van der Waals surface area contributed by atoms with Crippen molar-refractivity contribution >= 4 is 17.5 Å². The molecule has 0 fully saturated rings. The first-order valence-electron chi connectivity index (χ1n) is 10.5. The fraction of sp³-hybridized carbons (Fsp3) is 0.231. The molecule has 2 amide bonds. The molecule has 3 aromatic rings. The van der Waals surface area contributed by atoms with E-state index in [4.69, 9.17) is 9.47 Å². The van der Waals surface area contributed by atoms with E-state index < -0.39 is 0 Å². The maximum Gasteiger partial charge on any atom is 0.253 e. The van der Waals surface area contributed by atoms with Crippen molar-refractivity contribution in [2.24, 2.45) is 0 Å². The SMILES string of the molecule is COc1ccc(CCC(=O)Nc2ccccc2C(=O)NCCc2ccccc2)cc1OC. The highest BCUT2D eigenvalue weighted by molar-refractivity contribution is 6.03. The Morgan fingerprint density at radius 1 is 0.781 bits per heavy atom. The molecule has 0 radical (unpaired) electrons. The minimum atomic E-state index is -0.211. The van der Waals surface area contributed by atoms with Gasteiger partial charge >= 0.3 is 0 Å². The number of benzene rings is 3. The minimum absolute atomic E-state index is 0.163. The molecule has 2 N–H and O–H groups in total. The summed E-state index contributed by atoms with van der Waals surface area (Å²) >= 11 is 0. The molecule has 166 valence electrons. The van der Waals surface area contributed by atoms with Gasteiger partial charge in [-0.1, -0.05) is 48.5 Å². The van der Waals surface area contributed by atoms with Gasteiger partial charge in [0, 0.05) is 13.0 Å². The zero-order valence-corrected chi connectivity index (χ0v) is 18.4. The summed E-state index contributed by atoms with van der Waals surface area (Å²) < 4.78 is 10.6. The molecular weight excluding hydrogens is 404 g/mol. The van der Waals surface area contributed by atoms with Gasteiger partial charge in [-0.05, 0) is 48.2 Å². The number of rotatable bonds is 10. The molecule has 0 spiro atoms. The molecule has 0 aromatic heterocycles. The van der Waals surface area contributed by atoms with E-state index >= 15 is 0 Å². The summed E-state index contributed by atoms with van der Waals surface area (Å²) in [6.45, 7) is 0.518. The molecule has 0 atom stereocenters.